The van der Waals surface area contributed by atoms with Gasteiger partial charge in [0.2, 0.25) is 0 Å². The third-order valence-corrected chi connectivity index (χ3v) is 3.70. The molecule has 1 aromatic carbocycles. The van der Waals surface area contributed by atoms with Crippen LogP contribution in [0.1, 0.15) is 5.56 Å². The second kappa shape index (κ2) is 5.23. The van der Waals surface area contributed by atoms with E-state index in [0.29, 0.717) is 0 Å². The highest BCUT2D eigenvalue weighted by Gasteiger charge is 2.58. The fraction of sp³-hybridized carbons (Fsp3) is 0.500. The summed E-state index contributed by atoms with van der Waals surface area (Å²) in [5, 5.41) is 0. The topological polar surface area (TPSA) is 9.23 Å². The first kappa shape index (κ1) is 15.5. The zero-order chi connectivity index (χ0) is 14.0. The van der Waals surface area contributed by atoms with Crippen molar-refractivity contribution < 1.29 is 17.6 Å². The van der Waals surface area contributed by atoms with Gasteiger partial charge in [0.15, 0.2) is 13.9 Å². The van der Waals surface area contributed by atoms with Crippen molar-refractivity contribution in [3.05, 3.63) is 35.9 Å². The van der Waals surface area contributed by atoms with E-state index >= 15 is 0 Å². The quantitative estimate of drug-likeness (QED) is 0.586. The van der Waals surface area contributed by atoms with Crippen LogP contribution in [0.5, 0.6) is 0 Å². The van der Waals surface area contributed by atoms with E-state index in [9.17, 15) is 13.2 Å². The van der Waals surface area contributed by atoms with E-state index in [4.69, 9.17) is 16.0 Å². The average molecular weight is 297 g/mol. The molecule has 0 aliphatic carbocycles. The molecule has 1 atom stereocenters. The van der Waals surface area contributed by atoms with Crippen LogP contribution in [0.15, 0.2) is 30.3 Å². The van der Waals surface area contributed by atoms with Crippen LogP contribution in [0.2, 0.25) is 19.6 Å². The Bertz CT molecular complexity index is 389. The molecule has 0 saturated heterocycles. The largest absolute Gasteiger partial charge is 0.421 e. The Hall–Kier alpha value is -0.523. The summed E-state index contributed by atoms with van der Waals surface area (Å²) >= 11 is 5.63. The van der Waals surface area contributed by atoms with Crippen molar-refractivity contribution in [3.63, 3.8) is 0 Å². The Morgan fingerprint density at radius 2 is 1.61 bits per heavy atom. The van der Waals surface area contributed by atoms with Crippen LogP contribution in [-0.2, 0) is 10.0 Å². The number of benzene rings is 1. The van der Waals surface area contributed by atoms with Crippen molar-refractivity contribution in [2.45, 2.75) is 31.4 Å². The van der Waals surface area contributed by atoms with Gasteiger partial charge in [-0.15, -0.1) is 11.6 Å². The minimum absolute atomic E-state index is 0.0509. The summed E-state index contributed by atoms with van der Waals surface area (Å²) in [5.74, 6) is -0.648. The fourth-order valence-electron chi connectivity index (χ4n) is 1.69. The van der Waals surface area contributed by atoms with Crippen LogP contribution in [0.25, 0.3) is 0 Å². The Morgan fingerprint density at radius 1 is 1.11 bits per heavy atom. The summed E-state index contributed by atoms with van der Waals surface area (Å²) in [5.41, 5.74) is -2.37. The van der Waals surface area contributed by atoms with Gasteiger partial charge in [-0.3, -0.25) is 0 Å². The van der Waals surface area contributed by atoms with Crippen LogP contribution >= 0.6 is 11.6 Å². The van der Waals surface area contributed by atoms with E-state index < -0.39 is 26.0 Å². The van der Waals surface area contributed by atoms with Crippen molar-refractivity contribution >= 4 is 19.9 Å². The summed E-state index contributed by atoms with van der Waals surface area (Å²) < 4.78 is 45.6. The van der Waals surface area contributed by atoms with Crippen LogP contribution in [0.3, 0.4) is 0 Å². The summed E-state index contributed by atoms with van der Waals surface area (Å²) in [4.78, 5) is 0. The molecule has 0 bridgehead atoms. The van der Waals surface area contributed by atoms with Gasteiger partial charge in [-0.2, -0.15) is 13.2 Å². The molecule has 0 aliphatic rings. The van der Waals surface area contributed by atoms with Crippen molar-refractivity contribution in [2.24, 2.45) is 0 Å². The standard InChI is InChI=1S/C12H16ClF3OSi/c1-18(2,3)17-11(9-13,12(14,15)16)10-7-5-4-6-8-10/h4-8H,9H2,1-3H3. The zero-order valence-corrected chi connectivity index (χ0v) is 12.3. The third kappa shape index (κ3) is 3.27. The molecule has 0 radical (unpaired) electrons. The first-order chi connectivity index (χ1) is 8.12. The van der Waals surface area contributed by atoms with Crippen LogP contribution < -0.4 is 0 Å². The maximum absolute atomic E-state index is 13.4. The number of rotatable bonds is 4. The summed E-state index contributed by atoms with van der Waals surface area (Å²) in [7, 11) is -2.41. The van der Waals surface area contributed by atoms with Crippen LogP contribution in [-0.4, -0.2) is 20.4 Å². The number of hydrogen-bond donors (Lipinski definition) is 0. The van der Waals surface area contributed by atoms with Gasteiger partial charge in [0.1, 0.15) is 0 Å². The molecule has 1 rings (SSSR count). The van der Waals surface area contributed by atoms with E-state index in [1.54, 1.807) is 37.8 Å². The molecular weight excluding hydrogens is 281 g/mol. The molecule has 1 nitrogen and oxygen atoms in total. The summed E-state index contributed by atoms with van der Waals surface area (Å²) in [6.45, 7) is 5.13. The second-order valence-electron chi connectivity index (χ2n) is 5.04. The van der Waals surface area contributed by atoms with Crippen molar-refractivity contribution in [3.8, 4) is 0 Å². The van der Waals surface area contributed by atoms with Crippen molar-refractivity contribution in [2.75, 3.05) is 5.88 Å². The van der Waals surface area contributed by atoms with E-state index in [1.807, 2.05) is 0 Å². The third-order valence-electron chi connectivity index (χ3n) is 2.37. The molecule has 102 valence electrons. The predicted octanol–water partition coefficient (Wildman–Crippen LogP) is 4.53. The lowest BCUT2D eigenvalue weighted by molar-refractivity contribution is -0.249. The highest BCUT2D eigenvalue weighted by Crippen LogP contribution is 2.44. The maximum atomic E-state index is 13.4. The van der Waals surface area contributed by atoms with Crippen LogP contribution in [0, 0.1) is 0 Å². The average Bonchev–Trinajstić information content (AvgIpc) is 2.24. The number of halogens is 4. The first-order valence-corrected chi connectivity index (χ1v) is 9.45. The van der Waals surface area contributed by atoms with Gasteiger partial charge in [0.05, 0.1) is 5.88 Å². The molecule has 0 N–H and O–H groups in total. The number of hydrogen-bond acceptors (Lipinski definition) is 1. The Kier molecular flexibility index (Phi) is 4.51. The van der Waals surface area contributed by atoms with E-state index in [-0.39, 0.29) is 5.56 Å². The lowest BCUT2D eigenvalue weighted by Gasteiger charge is -2.39. The van der Waals surface area contributed by atoms with Gasteiger partial charge in [-0.1, -0.05) is 30.3 Å². The number of alkyl halides is 4. The minimum atomic E-state index is -4.55. The van der Waals surface area contributed by atoms with Gasteiger partial charge in [0, 0.05) is 0 Å². The van der Waals surface area contributed by atoms with Crippen molar-refractivity contribution in [1.82, 2.24) is 0 Å². The molecular formula is C12H16ClF3OSi. The Balaban J connectivity index is 3.33. The van der Waals surface area contributed by atoms with Gasteiger partial charge in [-0.05, 0) is 25.2 Å². The second-order valence-corrected chi connectivity index (χ2v) is 9.73. The Labute approximate surface area is 111 Å². The smallest absolute Gasteiger partial charge is 0.400 e. The maximum Gasteiger partial charge on any atom is 0.421 e. The van der Waals surface area contributed by atoms with Gasteiger partial charge in [0.25, 0.3) is 0 Å². The fourth-order valence-corrected chi connectivity index (χ4v) is 3.49. The zero-order valence-electron chi connectivity index (χ0n) is 10.5. The van der Waals surface area contributed by atoms with Crippen molar-refractivity contribution in [1.29, 1.82) is 0 Å². The minimum Gasteiger partial charge on any atom is -0.400 e. The first-order valence-electron chi connectivity index (χ1n) is 5.51. The SMILES string of the molecule is C[Si](C)(C)OC(CCl)(c1ccccc1)C(F)(F)F. The molecule has 6 heteroatoms. The lowest BCUT2D eigenvalue weighted by atomic mass is 9.95. The highest BCUT2D eigenvalue weighted by molar-refractivity contribution is 6.69. The van der Waals surface area contributed by atoms with E-state index in [2.05, 4.69) is 0 Å². The normalized spacial score (nSPS) is 16.4. The van der Waals surface area contributed by atoms with Gasteiger partial charge in [-0.25, -0.2) is 0 Å². The summed E-state index contributed by atoms with van der Waals surface area (Å²) in [6.07, 6.45) is -4.55. The molecule has 0 spiro atoms. The molecule has 1 unspecified atom stereocenters. The molecule has 18 heavy (non-hydrogen) atoms. The van der Waals surface area contributed by atoms with Gasteiger partial charge >= 0.3 is 6.18 Å². The Morgan fingerprint density at radius 3 is 1.94 bits per heavy atom. The monoisotopic (exact) mass is 296 g/mol. The molecule has 0 saturated carbocycles. The highest BCUT2D eigenvalue weighted by atomic mass is 35.5. The summed E-state index contributed by atoms with van der Waals surface area (Å²) in [6, 6.07) is 7.56. The molecule has 0 amide bonds. The van der Waals surface area contributed by atoms with E-state index in [1.165, 1.54) is 12.1 Å². The molecule has 1 aromatic rings. The molecule has 0 aromatic heterocycles. The molecule has 0 fully saturated rings. The van der Waals surface area contributed by atoms with Crippen LogP contribution in [0.4, 0.5) is 13.2 Å². The predicted molar refractivity (Wildman–Crippen MR) is 69.3 cm³/mol. The molecule has 0 aliphatic heterocycles. The van der Waals surface area contributed by atoms with E-state index in [0.717, 1.165) is 0 Å². The molecule has 0 heterocycles. The lowest BCUT2D eigenvalue weighted by Crippen LogP contribution is -2.52. The van der Waals surface area contributed by atoms with Gasteiger partial charge < -0.3 is 4.43 Å².